The number of para-hydroxylation sites is 2. The second-order valence-electron chi connectivity index (χ2n) is 6.48. The molecule has 5 nitrogen and oxygen atoms in total. The number of methoxy groups -OCH3 is 1. The molecule has 2 N–H and O–H groups in total. The number of hydrogen-bond acceptors (Lipinski definition) is 4. The van der Waals surface area contributed by atoms with Crippen LogP contribution in [0.2, 0.25) is 0 Å². The van der Waals surface area contributed by atoms with Crippen LogP contribution in [0.5, 0.6) is 5.75 Å². The van der Waals surface area contributed by atoms with Crippen molar-refractivity contribution in [3.05, 3.63) is 87.2 Å². The van der Waals surface area contributed by atoms with Gasteiger partial charge in [0.05, 0.1) is 12.8 Å². The Labute approximate surface area is 174 Å². The Bertz CT molecular complexity index is 1060. The highest BCUT2D eigenvalue weighted by Gasteiger charge is 2.17. The molecule has 6 heteroatoms. The number of aryl methyl sites for hydroxylation is 2. The minimum Gasteiger partial charge on any atom is -0.495 e. The first-order chi connectivity index (χ1) is 14.0. The molecule has 0 radical (unpaired) electrons. The molecule has 0 saturated heterocycles. The highest BCUT2D eigenvalue weighted by molar-refractivity contribution is 7.10. The zero-order valence-electron chi connectivity index (χ0n) is 16.5. The smallest absolute Gasteiger partial charge is 0.272 e. The van der Waals surface area contributed by atoms with E-state index in [9.17, 15) is 9.59 Å². The minimum atomic E-state index is -0.430. The number of thiophene rings is 1. The molecular weight excluding hydrogens is 384 g/mol. The molecule has 0 spiro atoms. The van der Waals surface area contributed by atoms with Crippen LogP contribution in [0, 0.1) is 13.8 Å². The maximum absolute atomic E-state index is 12.9. The van der Waals surface area contributed by atoms with E-state index in [-0.39, 0.29) is 11.6 Å². The van der Waals surface area contributed by atoms with Gasteiger partial charge in [-0.2, -0.15) is 0 Å². The summed E-state index contributed by atoms with van der Waals surface area (Å²) < 4.78 is 5.29. The lowest BCUT2D eigenvalue weighted by Crippen LogP contribution is -2.30. The standard InChI is InChI=1S/C23H22N2O3S/c1-15-10-11-17(13-16(15)2)22(26)25-20(14-18-7-6-12-29-18)23(27)24-19-8-4-5-9-21(19)28-3/h4-14H,1-3H3,(H,24,27)(H,25,26)/b20-14+. The molecule has 0 saturated carbocycles. The number of ether oxygens (including phenoxy) is 1. The molecule has 29 heavy (non-hydrogen) atoms. The van der Waals surface area contributed by atoms with E-state index in [1.807, 2.05) is 49.6 Å². The summed E-state index contributed by atoms with van der Waals surface area (Å²) in [5.74, 6) is -0.233. The summed E-state index contributed by atoms with van der Waals surface area (Å²) >= 11 is 1.48. The van der Waals surface area contributed by atoms with Crippen LogP contribution >= 0.6 is 11.3 Å². The fourth-order valence-electron chi connectivity index (χ4n) is 2.69. The van der Waals surface area contributed by atoms with Crippen molar-refractivity contribution in [2.75, 3.05) is 12.4 Å². The zero-order valence-corrected chi connectivity index (χ0v) is 17.3. The summed E-state index contributed by atoms with van der Waals surface area (Å²) in [4.78, 5) is 26.6. The Balaban J connectivity index is 1.87. The normalized spacial score (nSPS) is 11.1. The molecule has 3 aromatic rings. The van der Waals surface area contributed by atoms with Gasteiger partial charge >= 0.3 is 0 Å². The lowest BCUT2D eigenvalue weighted by molar-refractivity contribution is -0.113. The molecule has 1 aromatic heterocycles. The van der Waals surface area contributed by atoms with Gasteiger partial charge in [0.15, 0.2) is 0 Å². The van der Waals surface area contributed by atoms with Crippen molar-refractivity contribution in [2.24, 2.45) is 0 Å². The quantitative estimate of drug-likeness (QED) is 0.579. The number of amides is 2. The average molecular weight is 407 g/mol. The third-order valence-electron chi connectivity index (χ3n) is 4.45. The van der Waals surface area contributed by atoms with E-state index in [0.717, 1.165) is 16.0 Å². The molecule has 0 aliphatic heterocycles. The van der Waals surface area contributed by atoms with E-state index in [4.69, 9.17) is 4.74 Å². The van der Waals surface area contributed by atoms with Gasteiger partial charge < -0.3 is 15.4 Å². The second-order valence-corrected chi connectivity index (χ2v) is 7.46. The summed E-state index contributed by atoms with van der Waals surface area (Å²) in [5, 5.41) is 7.47. The van der Waals surface area contributed by atoms with E-state index >= 15 is 0 Å². The van der Waals surface area contributed by atoms with E-state index in [1.54, 1.807) is 30.3 Å². The van der Waals surface area contributed by atoms with Crippen LogP contribution in [0.15, 0.2) is 65.7 Å². The predicted octanol–water partition coefficient (Wildman–Crippen LogP) is 4.78. The van der Waals surface area contributed by atoms with E-state index in [0.29, 0.717) is 17.0 Å². The summed E-state index contributed by atoms with van der Waals surface area (Å²) in [6.07, 6.45) is 1.66. The van der Waals surface area contributed by atoms with Crippen molar-refractivity contribution in [2.45, 2.75) is 13.8 Å². The van der Waals surface area contributed by atoms with Gasteiger partial charge in [0.25, 0.3) is 11.8 Å². The number of nitrogens with one attached hydrogen (secondary N) is 2. The van der Waals surface area contributed by atoms with Gasteiger partial charge in [-0.3, -0.25) is 9.59 Å². The SMILES string of the molecule is COc1ccccc1NC(=O)/C(=C\c1cccs1)NC(=O)c1ccc(C)c(C)c1. The Morgan fingerprint density at radius 3 is 2.48 bits per heavy atom. The number of carbonyl (C=O) groups excluding carboxylic acids is 2. The first-order valence-corrected chi connectivity index (χ1v) is 9.94. The van der Waals surface area contributed by atoms with Crippen LogP contribution in [0.3, 0.4) is 0 Å². The lowest BCUT2D eigenvalue weighted by Gasteiger charge is -2.13. The molecule has 1 heterocycles. The van der Waals surface area contributed by atoms with Crippen LogP contribution in [0.4, 0.5) is 5.69 Å². The van der Waals surface area contributed by atoms with E-state index in [2.05, 4.69) is 10.6 Å². The minimum absolute atomic E-state index is 0.154. The molecule has 0 fully saturated rings. The van der Waals surface area contributed by atoms with Gasteiger partial charge in [-0.15, -0.1) is 11.3 Å². The Morgan fingerprint density at radius 2 is 1.79 bits per heavy atom. The molecule has 148 valence electrons. The maximum atomic E-state index is 12.9. The number of benzene rings is 2. The molecule has 0 unspecified atom stereocenters. The van der Waals surface area contributed by atoms with E-state index < -0.39 is 5.91 Å². The molecule has 2 aromatic carbocycles. The summed E-state index contributed by atoms with van der Waals surface area (Å²) in [6, 6.07) is 16.3. The molecule has 0 bridgehead atoms. The van der Waals surface area contributed by atoms with Gasteiger partial charge in [0.2, 0.25) is 0 Å². The van der Waals surface area contributed by atoms with Crippen LogP contribution in [0.25, 0.3) is 6.08 Å². The van der Waals surface area contributed by atoms with Crippen LogP contribution in [0.1, 0.15) is 26.4 Å². The highest BCUT2D eigenvalue weighted by atomic mass is 32.1. The van der Waals surface area contributed by atoms with Gasteiger partial charge in [0, 0.05) is 10.4 Å². The van der Waals surface area contributed by atoms with Gasteiger partial charge in [-0.25, -0.2) is 0 Å². The van der Waals surface area contributed by atoms with Crippen molar-refractivity contribution in [3.8, 4) is 5.75 Å². The Morgan fingerprint density at radius 1 is 1.00 bits per heavy atom. The monoisotopic (exact) mass is 406 g/mol. The van der Waals surface area contributed by atoms with Crippen LogP contribution < -0.4 is 15.4 Å². The number of hydrogen-bond donors (Lipinski definition) is 2. The van der Waals surface area contributed by atoms with Crippen molar-refractivity contribution in [1.82, 2.24) is 5.32 Å². The van der Waals surface area contributed by atoms with Gasteiger partial charge in [-0.1, -0.05) is 24.3 Å². The Hall–Kier alpha value is -3.38. The van der Waals surface area contributed by atoms with Crippen molar-refractivity contribution < 1.29 is 14.3 Å². The first-order valence-electron chi connectivity index (χ1n) is 9.06. The molecule has 2 amide bonds. The fourth-order valence-corrected chi connectivity index (χ4v) is 3.35. The predicted molar refractivity (Wildman–Crippen MR) is 117 cm³/mol. The number of rotatable bonds is 6. The topological polar surface area (TPSA) is 67.4 Å². The fraction of sp³-hybridized carbons (Fsp3) is 0.130. The molecular formula is C23H22N2O3S. The average Bonchev–Trinajstić information content (AvgIpc) is 3.23. The summed E-state index contributed by atoms with van der Waals surface area (Å²) in [7, 11) is 1.54. The largest absolute Gasteiger partial charge is 0.495 e. The number of carbonyl (C=O) groups is 2. The molecule has 0 atom stereocenters. The zero-order chi connectivity index (χ0) is 20.8. The summed E-state index contributed by atoms with van der Waals surface area (Å²) in [6.45, 7) is 3.93. The number of anilines is 1. The maximum Gasteiger partial charge on any atom is 0.272 e. The van der Waals surface area contributed by atoms with Gasteiger partial charge in [0.1, 0.15) is 11.4 Å². The highest BCUT2D eigenvalue weighted by Crippen LogP contribution is 2.24. The third kappa shape index (κ3) is 5.12. The van der Waals surface area contributed by atoms with Crippen LogP contribution in [-0.4, -0.2) is 18.9 Å². The van der Waals surface area contributed by atoms with Crippen molar-refractivity contribution in [1.29, 1.82) is 0 Å². The Kier molecular flexibility index (Phi) is 6.46. The van der Waals surface area contributed by atoms with E-state index in [1.165, 1.54) is 18.4 Å². The third-order valence-corrected chi connectivity index (χ3v) is 5.27. The second kappa shape index (κ2) is 9.21. The summed E-state index contributed by atoms with van der Waals surface area (Å²) in [5.41, 5.74) is 3.29. The molecule has 0 aliphatic carbocycles. The van der Waals surface area contributed by atoms with Crippen LogP contribution in [-0.2, 0) is 4.79 Å². The molecule has 3 rings (SSSR count). The van der Waals surface area contributed by atoms with Crippen molar-refractivity contribution >= 4 is 34.9 Å². The molecule has 0 aliphatic rings. The van der Waals surface area contributed by atoms with Crippen molar-refractivity contribution in [3.63, 3.8) is 0 Å². The first kappa shape index (κ1) is 20.4. The lowest BCUT2D eigenvalue weighted by atomic mass is 10.1. The van der Waals surface area contributed by atoms with Gasteiger partial charge in [-0.05, 0) is 66.8 Å².